The maximum absolute atomic E-state index is 5.01. The van der Waals surface area contributed by atoms with E-state index in [-0.39, 0.29) is 24.0 Å². The molecule has 1 atom stereocenters. The van der Waals surface area contributed by atoms with Crippen LogP contribution in [0.25, 0.3) is 0 Å². The van der Waals surface area contributed by atoms with E-state index in [2.05, 4.69) is 25.3 Å². The second kappa shape index (κ2) is 10.9. The summed E-state index contributed by atoms with van der Waals surface area (Å²) >= 11 is 0. The molecule has 0 radical (unpaired) electrons. The van der Waals surface area contributed by atoms with Crippen molar-refractivity contribution in [3.63, 3.8) is 0 Å². The smallest absolute Gasteiger partial charge is 0.194 e. The number of nitrogens with zero attached hydrogens (tertiary/aromatic N) is 6. The highest BCUT2D eigenvalue weighted by atomic mass is 127. The van der Waals surface area contributed by atoms with E-state index in [0.29, 0.717) is 12.6 Å². The lowest BCUT2D eigenvalue weighted by Gasteiger charge is -2.29. The number of aromatic nitrogens is 3. The maximum Gasteiger partial charge on any atom is 0.194 e. The number of rotatable bonds is 5. The van der Waals surface area contributed by atoms with Crippen LogP contribution in [-0.4, -0.2) is 69.3 Å². The van der Waals surface area contributed by atoms with Crippen LogP contribution >= 0.6 is 24.0 Å². The normalized spacial score (nSPS) is 24.1. The number of guanidine groups is 1. The van der Waals surface area contributed by atoms with Gasteiger partial charge in [-0.1, -0.05) is 19.3 Å². The zero-order chi connectivity index (χ0) is 19.3. The van der Waals surface area contributed by atoms with Crippen molar-refractivity contribution in [1.82, 2.24) is 29.9 Å². The molecule has 2 saturated heterocycles. The first-order valence-electron chi connectivity index (χ1n) is 11.3. The Hall–Kier alpha value is -0.900. The monoisotopic (exact) mass is 515 g/mol. The number of hydrogen-bond donors (Lipinski definition) is 1. The Morgan fingerprint density at radius 2 is 1.79 bits per heavy atom. The minimum Gasteiger partial charge on any atom is -0.353 e. The van der Waals surface area contributed by atoms with Gasteiger partial charge in [0, 0.05) is 32.7 Å². The van der Waals surface area contributed by atoms with E-state index in [1.807, 2.05) is 18.5 Å². The summed E-state index contributed by atoms with van der Waals surface area (Å²) in [5.74, 6) is 3.75. The summed E-state index contributed by atoms with van der Waals surface area (Å²) < 4.78 is 2.04. The van der Waals surface area contributed by atoms with Crippen LogP contribution in [0.3, 0.4) is 0 Å². The van der Waals surface area contributed by atoms with Gasteiger partial charge in [0.05, 0.1) is 0 Å². The number of nitrogens with one attached hydrogen (secondary N) is 1. The second-order valence-electron chi connectivity index (χ2n) is 8.95. The van der Waals surface area contributed by atoms with Gasteiger partial charge < -0.3 is 19.7 Å². The molecule has 4 rings (SSSR count). The molecule has 3 heterocycles. The lowest BCUT2D eigenvalue weighted by Crippen LogP contribution is -2.46. The Balaban J connectivity index is 0.00000240. The first-order valence-corrected chi connectivity index (χ1v) is 11.3. The Labute approximate surface area is 192 Å². The molecule has 3 fully saturated rings. The van der Waals surface area contributed by atoms with Gasteiger partial charge in [-0.3, -0.25) is 0 Å². The standard InChI is InChI=1S/C21H37N7.HI/c1-17-24-25-20(26(17)2)14-22-21(23-19-8-4-3-5-9-19)28-13-10-18(16-28)15-27-11-6-7-12-27;/h18-19H,3-16H2,1-2H3,(H,22,23);1H. The fourth-order valence-electron chi connectivity index (χ4n) is 4.91. The summed E-state index contributed by atoms with van der Waals surface area (Å²) in [6.45, 7) is 8.69. The molecular weight excluding hydrogens is 477 g/mol. The highest BCUT2D eigenvalue weighted by Crippen LogP contribution is 2.22. The van der Waals surface area contributed by atoms with Crippen molar-refractivity contribution in [3.05, 3.63) is 11.6 Å². The van der Waals surface area contributed by atoms with Crippen LogP contribution in [0.15, 0.2) is 4.99 Å². The van der Waals surface area contributed by atoms with Gasteiger partial charge in [-0.05, 0) is 58.0 Å². The SMILES string of the molecule is Cc1nnc(CN=C(NC2CCCCC2)N2CCC(CN3CCCC3)C2)n1C.I. The Morgan fingerprint density at radius 1 is 1.03 bits per heavy atom. The van der Waals surface area contributed by atoms with Gasteiger partial charge in [0.15, 0.2) is 11.8 Å². The number of hydrogen-bond acceptors (Lipinski definition) is 4. The molecule has 164 valence electrons. The maximum atomic E-state index is 5.01. The van der Waals surface area contributed by atoms with Crippen LogP contribution in [0.2, 0.25) is 0 Å². The number of aliphatic imine (C=N–C) groups is 1. The molecule has 1 aromatic heterocycles. The Morgan fingerprint density at radius 3 is 2.48 bits per heavy atom. The summed E-state index contributed by atoms with van der Waals surface area (Å²) in [6, 6.07) is 0.575. The van der Waals surface area contributed by atoms with Crippen LogP contribution in [0.1, 0.15) is 63.0 Å². The molecule has 0 amide bonds. The lowest BCUT2D eigenvalue weighted by atomic mass is 9.96. The van der Waals surface area contributed by atoms with E-state index >= 15 is 0 Å². The van der Waals surface area contributed by atoms with Gasteiger partial charge in [-0.2, -0.15) is 0 Å². The van der Waals surface area contributed by atoms with E-state index in [1.54, 1.807) is 0 Å². The average Bonchev–Trinajstić information content (AvgIpc) is 3.45. The fraction of sp³-hybridized carbons (Fsp3) is 0.857. The summed E-state index contributed by atoms with van der Waals surface area (Å²) in [7, 11) is 2.02. The van der Waals surface area contributed by atoms with E-state index in [4.69, 9.17) is 4.99 Å². The molecule has 1 aromatic rings. The molecule has 1 N–H and O–H groups in total. The molecule has 0 bridgehead atoms. The lowest BCUT2D eigenvalue weighted by molar-refractivity contribution is 0.280. The van der Waals surface area contributed by atoms with Gasteiger partial charge in [0.25, 0.3) is 0 Å². The van der Waals surface area contributed by atoms with E-state index < -0.39 is 0 Å². The van der Waals surface area contributed by atoms with Crippen LogP contribution in [-0.2, 0) is 13.6 Å². The van der Waals surface area contributed by atoms with Crippen molar-refractivity contribution in [1.29, 1.82) is 0 Å². The Kier molecular flexibility index (Phi) is 8.58. The zero-order valence-corrected chi connectivity index (χ0v) is 20.5. The van der Waals surface area contributed by atoms with E-state index in [1.165, 1.54) is 71.0 Å². The third-order valence-corrected chi connectivity index (χ3v) is 6.79. The van der Waals surface area contributed by atoms with Crippen LogP contribution in [0.4, 0.5) is 0 Å². The quantitative estimate of drug-likeness (QED) is 0.371. The predicted molar refractivity (Wildman–Crippen MR) is 128 cm³/mol. The van der Waals surface area contributed by atoms with Crippen molar-refractivity contribution in [2.24, 2.45) is 18.0 Å². The molecule has 7 nitrogen and oxygen atoms in total. The molecule has 1 saturated carbocycles. The number of halogens is 1. The molecule has 0 spiro atoms. The minimum absolute atomic E-state index is 0. The zero-order valence-electron chi connectivity index (χ0n) is 18.1. The van der Waals surface area contributed by atoms with Crippen LogP contribution in [0, 0.1) is 12.8 Å². The largest absolute Gasteiger partial charge is 0.353 e. The van der Waals surface area contributed by atoms with Crippen molar-refractivity contribution >= 4 is 29.9 Å². The topological polar surface area (TPSA) is 61.6 Å². The van der Waals surface area contributed by atoms with Gasteiger partial charge in [0.1, 0.15) is 12.4 Å². The summed E-state index contributed by atoms with van der Waals surface area (Å²) in [6.07, 6.45) is 10.6. The molecule has 1 aliphatic carbocycles. The molecule has 0 aromatic carbocycles. The number of likely N-dealkylation sites (tertiary alicyclic amines) is 2. The van der Waals surface area contributed by atoms with Gasteiger partial charge in [-0.25, -0.2) is 4.99 Å². The first-order chi connectivity index (χ1) is 13.7. The molecular formula is C21H38IN7. The highest BCUT2D eigenvalue weighted by molar-refractivity contribution is 14.0. The summed E-state index contributed by atoms with van der Waals surface area (Å²) in [4.78, 5) is 10.2. The second-order valence-corrected chi connectivity index (χ2v) is 8.95. The molecule has 29 heavy (non-hydrogen) atoms. The van der Waals surface area contributed by atoms with Gasteiger partial charge >= 0.3 is 0 Å². The third kappa shape index (κ3) is 6.06. The Bertz CT molecular complexity index is 662. The predicted octanol–water partition coefficient (Wildman–Crippen LogP) is 2.94. The highest BCUT2D eigenvalue weighted by Gasteiger charge is 2.28. The van der Waals surface area contributed by atoms with Crippen molar-refractivity contribution in [3.8, 4) is 0 Å². The third-order valence-electron chi connectivity index (χ3n) is 6.79. The molecule has 2 aliphatic heterocycles. The van der Waals surface area contributed by atoms with Crippen molar-refractivity contribution < 1.29 is 0 Å². The molecule has 3 aliphatic rings. The van der Waals surface area contributed by atoms with Crippen molar-refractivity contribution in [2.45, 2.75) is 70.9 Å². The number of aryl methyl sites for hydroxylation is 1. The van der Waals surface area contributed by atoms with Crippen molar-refractivity contribution in [2.75, 3.05) is 32.7 Å². The fourth-order valence-corrected chi connectivity index (χ4v) is 4.91. The minimum atomic E-state index is 0. The average molecular weight is 515 g/mol. The van der Waals surface area contributed by atoms with Crippen LogP contribution in [0.5, 0.6) is 0 Å². The van der Waals surface area contributed by atoms with E-state index in [0.717, 1.165) is 36.6 Å². The van der Waals surface area contributed by atoms with Gasteiger partial charge in [0.2, 0.25) is 0 Å². The summed E-state index contributed by atoms with van der Waals surface area (Å²) in [5.41, 5.74) is 0. The van der Waals surface area contributed by atoms with Crippen LogP contribution < -0.4 is 5.32 Å². The molecule has 1 unspecified atom stereocenters. The first kappa shape index (κ1) is 22.8. The van der Waals surface area contributed by atoms with Gasteiger partial charge in [-0.15, -0.1) is 34.2 Å². The molecule has 8 heteroatoms. The summed E-state index contributed by atoms with van der Waals surface area (Å²) in [5, 5.41) is 12.3. The van der Waals surface area contributed by atoms with E-state index in [9.17, 15) is 0 Å².